The van der Waals surface area contributed by atoms with Crippen molar-refractivity contribution in [3.8, 4) is 5.75 Å². The summed E-state index contributed by atoms with van der Waals surface area (Å²) >= 11 is 0. The molecule has 2 N–H and O–H groups in total. The number of unbranched alkanes of at least 4 members (excludes halogenated alkanes) is 11. The van der Waals surface area contributed by atoms with Crippen molar-refractivity contribution in [2.45, 2.75) is 123 Å². The van der Waals surface area contributed by atoms with Crippen molar-refractivity contribution >= 4 is 16.0 Å². The molecule has 0 fully saturated rings. The Kier molecular flexibility index (Phi) is 17.6. The highest BCUT2D eigenvalue weighted by atomic mass is 32.2. The zero-order valence-corrected chi connectivity index (χ0v) is 22.9. The number of ether oxygens (including phenoxy) is 1. The molecule has 1 rings (SSSR count). The maximum atomic E-state index is 11.6. The summed E-state index contributed by atoms with van der Waals surface area (Å²) in [7, 11) is -4.00. The molecule has 0 aliphatic carbocycles. The highest BCUT2D eigenvalue weighted by Crippen LogP contribution is 2.19. The minimum Gasteiger partial charge on any atom is -0.490 e. The first-order valence-electron chi connectivity index (χ1n) is 13.8. The van der Waals surface area contributed by atoms with Crippen LogP contribution < -0.4 is 10.1 Å². The molecule has 0 saturated heterocycles. The number of amides is 1. The monoisotopic (exact) mass is 511 g/mol. The van der Waals surface area contributed by atoms with Gasteiger partial charge in [0.15, 0.2) is 0 Å². The molecule has 7 heteroatoms. The Hall–Kier alpha value is -1.60. The van der Waals surface area contributed by atoms with E-state index in [0.29, 0.717) is 12.5 Å². The van der Waals surface area contributed by atoms with Gasteiger partial charge in [-0.1, -0.05) is 90.2 Å². The predicted octanol–water partition coefficient (Wildman–Crippen LogP) is 6.87. The lowest BCUT2D eigenvalue weighted by Crippen LogP contribution is -2.28. The number of hydrogen-bond acceptors (Lipinski definition) is 4. The number of carbonyl (C=O) groups excluding carboxylic acids is 1. The van der Waals surface area contributed by atoms with E-state index in [0.717, 1.165) is 44.3 Å². The Bertz CT molecular complexity index is 764. The van der Waals surface area contributed by atoms with Crippen LogP contribution in [-0.2, 0) is 21.3 Å². The van der Waals surface area contributed by atoms with Crippen molar-refractivity contribution in [3.63, 3.8) is 0 Å². The van der Waals surface area contributed by atoms with Gasteiger partial charge in [0, 0.05) is 13.0 Å². The van der Waals surface area contributed by atoms with Crippen LogP contribution in [-0.4, -0.2) is 37.3 Å². The van der Waals surface area contributed by atoms with Crippen molar-refractivity contribution in [2.24, 2.45) is 0 Å². The summed E-state index contributed by atoms with van der Waals surface area (Å²) in [6, 6.07) is 8.51. The summed E-state index contributed by atoms with van der Waals surface area (Å²) in [5.41, 5.74) is 1.35. The fourth-order valence-electron chi connectivity index (χ4n) is 4.18. The number of nitrogens with one attached hydrogen (secondary N) is 1. The van der Waals surface area contributed by atoms with Gasteiger partial charge < -0.3 is 10.1 Å². The molecule has 0 aliphatic heterocycles. The number of hydrogen-bond donors (Lipinski definition) is 2. The largest absolute Gasteiger partial charge is 0.490 e. The second-order valence-corrected chi connectivity index (χ2v) is 11.1. The van der Waals surface area contributed by atoms with E-state index < -0.39 is 15.9 Å². The van der Waals surface area contributed by atoms with Crippen LogP contribution in [0.3, 0.4) is 0 Å². The van der Waals surface area contributed by atoms with Crippen molar-refractivity contribution < 1.29 is 22.5 Å². The third kappa shape index (κ3) is 18.3. The van der Waals surface area contributed by atoms with Crippen LogP contribution in [0.15, 0.2) is 24.3 Å². The molecule has 202 valence electrons. The minimum atomic E-state index is -4.00. The Labute approximate surface area is 214 Å². The van der Waals surface area contributed by atoms with E-state index in [1.54, 1.807) is 0 Å². The quantitative estimate of drug-likeness (QED) is 0.131. The van der Waals surface area contributed by atoms with Gasteiger partial charge in [0.05, 0.1) is 11.9 Å². The lowest BCUT2D eigenvalue weighted by Gasteiger charge is -2.17. The van der Waals surface area contributed by atoms with Crippen LogP contribution in [0.2, 0.25) is 0 Å². The van der Waals surface area contributed by atoms with Gasteiger partial charge in [-0.3, -0.25) is 9.35 Å². The van der Waals surface area contributed by atoms with Crippen LogP contribution in [0.25, 0.3) is 0 Å². The van der Waals surface area contributed by atoms with Gasteiger partial charge in [0.1, 0.15) is 5.75 Å². The molecule has 6 nitrogen and oxygen atoms in total. The lowest BCUT2D eigenvalue weighted by molar-refractivity contribution is -0.121. The summed E-state index contributed by atoms with van der Waals surface area (Å²) in [6.45, 7) is 4.35. The molecule has 1 amide bonds. The van der Waals surface area contributed by atoms with E-state index in [-0.39, 0.29) is 12.5 Å². The molecule has 1 aromatic carbocycles. The lowest BCUT2D eigenvalue weighted by atomic mass is 10.0. The molecule has 0 radical (unpaired) electrons. The number of rotatable bonds is 22. The first kappa shape index (κ1) is 31.4. The average Bonchev–Trinajstić information content (AvgIpc) is 2.83. The number of carbonyl (C=O) groups is 1. The van der Waals surface area contributed by atoms with E-state index in [4.69, 9.17) is 9.29 Å². The van der Waals surface area contributed by atoms with Crippen LogP contribution in [0.1, 0.15) is 116 Å². The molecule has 0 saturated carbocycles. The molecule has 0 heterocycles. The third-order valence-electron chi connectivity index (χ3n) is 6.45. The molecule has 1 aromatic rings. The molecule has 35 heavy (non-hydrogen) atoms. The zero-order chi connectivity index (χ0) is 25.8. The van der Waals surface area contributed by atoms with E-state index >= 15 is 0 Å². The molecular weight excluding hydrogens is 462 g/mol. The zero-order valence-electron chi connectivity index (χ0n) is 22.1. The predicted molar refractivity (Wildman–Crippen MR) is 145 cm³/mol. The Balaban J connectivity index is 1.88. The Morgan fingerprint density at radius 3 is 1.86 bits per heavy atom. The second-order valence-electron chi connectivity index (χ2n) is 9.56. The second kappa shape index (κ2) is 19.6. The van der Waals surface area contributed by atoms with E-state index in [1.165, 1.54) is 63.4 Å². The van der Waals surface area contributed by atoms with E-state index in [9.17, 15) is 13.2 Å². The molecule has 1 unspecified atom stereocenters. The van der Waals surface area contributed by atoms with Gasteiger partial charge in [-0.25, -0.2) is 0 Å². The Morgan fingerprint density at radius 2 is 1.37 bits per heavy atom. The van der Waals surface area contributed by atoms with E-state index in [1.807, 2.05) is 0 Å². The third-order valence-corrected chi connectivity index (χ3v) is 7.17. The van der Waals surface area contributed by atoms with Crippen LogP contribution in [0.4, 0.5) is 0 Å². The van der Waals surface area contributed by atoms with Crippen molar-refractivity contribution in [3.05, 3.63) is 29.8 Å². The molecule has 0 aliphatic rings. The highest BCUT2D eigenvalue weighted by molar-refractivity contribution is 7.85. The number of benzene rings is 1. The SMILES string of the molecule is CCc1ccc(OC(CC)CCCCCCCCCCCCCCC(=O)NCCS(=O)(=O)O)cc1. The normalized spacial score (nSPS) is 12.4. The van der Waals surface area contributed by atoms with Gasteiger partial charge in [-0.05, 0) is 49.8 Å². The van der Waals surface area contributed by atoms with Crippen molar-refractivity contribution in [1.82, 2.24) is 5.32 Å². The van der Waals surface area contributed by atoms with Gasteiger partial charge in [-0.15, -0.1) is 0 Å². The summed E-state index contributed by atoms with van der Waals surface area (Å²) in [4.78, 5) is 11.6. The summed E-state index contributed by atoms with van der Waals surface area (Å²) in [5.74, 6) is 0.420. The van der Waals surface area contributed by atoms with Gasteiger partial charge in [0.2, 0.25) is 5.91 Å². The fraction of sp³-hybridized carbons (Fsp3) is 0.750. The van der Waals surface area contributed by atoms with Crippen molar-refractivity contribution in [1.29, 1.82) is 0 Å². The molecule has 0 spiro atoms. The van der Waals surface area contributed by atoms with Gasteiger partial charge >= 0.3 is 0 Å². The topological polar surface area (TPSA) is 92.7 Å². The summed E-state index contributed by atoms with van der Waals surface area (Å²) in [5, 5.41) is 2.52. The molecule has 0 bridgehead atoms. The van der Waals surface area contributed by atoms with Crippen LogP contribution in [0, 0.1) is 0 Å². The number of aryl methyl sites for hydroxylation is 1. The van der Waals surface area contributed by atoms with Gasteiger partial charge in [0.25, 0.3) is 10.1 Å². The summed E-state index contributed by atoms with van der Waals surface area (Å²) < 4.78 is 36.0. The first-order valence-corrected chi connectivity index (χ1v) is 15.4. The van der Waals surface area contributed by atoms with Gasteiger partial charge in [-0.2, -0.15) is 8.42 Å². The standard InChI is InChI=1S/C28H49NO5S/c1-3-25-19-21-27(22-20-25)34-26(4-2)17-15-13-11-9-7-5-6-8-10-12-14-16-18-28(30)29-23-24-35(31,32)33/h19-22,26H,3-18,23-24H2,1-2H3,(H,29,30)(H,31,32,33). The smallest absolute Gasteiger partial charge is 0.266 e. The maximum absolute atomic E-state index is 11.6. The average molecular weight is 512 g/mol. The van der Waals surface area contributed by atoms with Crippen molar-refractivity contribution in [2.75, 3.05) is 12.3 Å². The van der Waals surface area contributed by atoms with E-state index in [2.05, 4.69) is 43.4 Å². The highest BCUT2D eigenvalue weighted by Gasteiger charge is 2.08. The fourth-order valence-corrected chi connectivity index (χ4v) is 4.54. The minimum absolute atomic E-state index is 0.0283. The molecule has 1 atom stereocenters. The summed E-state index contributed by atoms with van der Waals surface area (Å²) in [6.07, 6.45) is 18.5. The molecule has 0 aromatic heterocycles. The van der Waals surface area contributed by atoms with Crippen LogP contribution in [0.5, 0.6) is 5.75 Å². The first-order chi connectivity index (χ1) is 16.8. The van der Waals surface area contributed by atoms with Crippen LogP contribution >= 0.6 is 0 Å². The molecular formula is C28H49NO5S. The Morgan fingerprint density at radius 1 is 0.857 bits per heavy atom. The maximum Gasteiger partial charge on any atom is 0.266 e.